The van der Waals surface area contributed by atoms with Gasteiger partial charge in [-0.15, -0.1) is 0 Å². The molecule has 5 nitrogen and oxygen atoms in total. The van der Waals surface area contributed by atoms with Crippen LogP contribution in [0.2, 0.25) is 0 Å². The van der Waals surface area contributed by atoms with Crippen molar-refractivity contribution in [3.8, 4) is 0 Å². The van der Waals surface area contributed by atoms with Crippen molar-refractivity contribution in [1.82, 2.24) is 10.0 Å². The minimum absolute atomic E-state index is 0.0320. The van der Waals surface area contributed by atoms with Gasteiger partial charge in [0.1, 0.15) is 0 Å². The van der Waals surface area contributed by atoms with E-state index in [4.69, 9.17) is 0 Å². The normalized spacial score (nSPS) is 12.2. The van der Waals surface area contributed by atoms with Crippen LogP contribution in [0, 0.1) is 0 Å². The van der Waals surface area contributed by atoms with Gasteiger partial charge in [0.2, 0.25) is 15.9 Å². The third kappa shape index (κ3) is 5.64. The quantitative estimate of drug-likeness (QED) is 0.746. The fraction of sp³-hybridized carbons (Fsp3) is 0.462. The Morgan fingerprint density at radius 1 is 1.27 bits per heavy atom. The fourth-order valence-electron chi connectivity index (χ4n) is 1.66. The van der Waals surface area contributed by atoms with Crippen LogP contribution in [0.15, 0.2) is 29.2 Å². The zero-order chi connectivity index (χ0) is 16.8. The van der Waals surface area contributed by atoms with E-state index in [1.807, 2.05) is 0 Å². The predicted molar refractivity (Wildman–Crippen MR) is 74.6 cm³/mol. The molecular formula is C13H17F3N2O3S. The van der Waals surface area contributed by atoms with Gasteiger partial charge >= 0.3 is 6.18 Å². The number of halogens is 3. The highest BCUT2D eigenvalue weighted by Gasteiger charge is 2.31. The van der Waals surface area contributed by atoms with Gasteiger partial charge in [0, 0.05) is 19.5 Å². The molecule has 0 atom stereocenters. The molecule has 1 rings (SSSR count). The average Bonchev–Trinajstić information content (AvgIpc) is 2.43. The first kappa shape index (κ1) is 18.4. The van der Waals surface area contributed by atoms with E-state index in [2.05, 4.69) is 10.0 Å². The number of hydrogen-bond donors (Lipinski definition) is 2. The molecule has 0 aromatic heterocycles. The number of carbonyl (C=O) groups is 1. The van der Waals surface area contributed by atoms with E-state index >= 15 is 0 Å². The van der Waals surface area contributed by atoms with Crippen molar-refractivity contribution >= 4 is 15.9 Å². The van der Waals surface area contributed by atoms with Crippen LogP contribution in [0.5, 0.6) is 0 Å². The van der Waals surface area contributed by atoms with Crippen LogP contribution in [-0.4, -0.2) is 27.4 Å². The SMILES string of the molecule is CCNC(=O)CCCNS(=O)(=O)c1cccc(C(F)(F)F)c1. The van der Waals surface area contributed by atoms with Crippen LogP contribution in [0.3, 0.4) is 0 Å². The number of nitrogens with one attached hydrogen (secondary N) is 2. The van der Waals surface area contributed by atoms with E-state index in [1.54, 1.807) is 6.92 Å². The lowest BCUT2D eigenvalue weighted by molar-refractivity contribution is -0.137. The lowest BCUT2D eigenvalue weighted by Gasteiger charge is -2.10. The molecule has 9 heteroatoms. The Balaban J connectivity index is 2.65. The third-order valence-electron chi connectivity index (χ3n) is 2.72. The molecular weight excluding hydrogens is 321 g/mol. The average molecular weight is 338 g/mol. The van der Waals surface area contributed by atoms with Crippen LogP contribution < -0.4 is 10.0 Å². The lowest BCUT2D eigenvalue weighted by atomic mass is 10.2. The Morgan fingerprint density at radius 3 is 2.55 bits per heavy atom. The summed E-state index contributed by atoms with van der Waals surface area (Å²) in [4.78, 5) is 10.7. The first-order chi connectivity index (χ1) is 10.2. The molecule has 22 heavy (non-hydrogen) atoms. The summed E-state index contributed by atoms with van der Waals surface area (Å²) >= 11 is 0. The smallest absolute Gasteiger partial charge is 0.356 e. The number of alkyl halides is 3. The first-order valence-corrected chi connectivity index (χ1v) is 8.08. The summed E-state index contributed by atoms with van der Waals surface area (Å²) < 4.78 is 63.7. The third-order valence-corrected chi connectivity index (χ3v) is 4.18. The monoisotopic (exact) mass is 338 g/mol. The highest BCUT2D eigenvalue weighted by atomic mass is 32.2. The van der Waals surface area contributed by atoms with Gasteiger partial charge in [0.25, 0.3) is 0 Å². The van der Waals surface area contributed by atoms with Gasteiger partial charge in [-0.25, -0.2) is 13.1 Å². The van der Waals surface area contributed by atoms with E-state index in [9.17, 15) is 26.4 Å². The van der Waals surface area contributed by atoms with Gasteiger partial charge in [-0.2, -0.15) is 13.2 Å². The molecule has 1 amide bonds. The Hall–Kier alpha value is -1.61. The maximum Gasteiger partial charge on any atom is 0.416 e. The van der Waals surface area contributed by atoms with E-state index in [-0.39, 0.29) is 25.3 Å². The Kier molecular flexibility index (Phi) is 6.36. The Bertz CT molecular complexity index is 615. The standard InChI is InChI=1S/C13H17F3N2O3S/c1-2-17-12(19)7-4-8-18-22(20,21)11-6-3-5-10(9-11)13(14,15)16/h3,5-6,9,18H,2,4,7-8H2,1H3,(H,17,19). The number of rotatable bonds is 7. The summed E-state index contributed by atoms with van der Waals surface area (Å²) in [6.07, 6.45) is -4.22. The number of hydrogen-bond acceptors (Lipinski definition) is 3. The molecule has 0 aliphatic rings. The molecule has 1 aromatic rings. The van der Waals surface area contributed by atoms with E-state index in [0.717, 1.165) is 18.2 Å². The van der Waals surface area contributed by atoms with Crippen molar-refractivity contribution in [1.29, 1.82) is 0 Å². The summed E-state index contributed by atoms with van der Waals surface area (Å²) in [5.74, 6) is -0.208. The maximum absolute atomic E-state index is 12.6. The van der Waals surface area contributed by atoms with Gasteiger partial charge in [0.15, 0.2) is 0 Å². The molecule has 2 N–H and O–H groups in total. The number of benzene rings is 1. The molecule has 0 radical (unpaired) electrons. The minimum Gasteiger partial charge on any atom is -0.356 e. The molecule has 0 bridgehead atoms. The second-order valence-corrected chi connectivity index (χ2v) is 6.25. The predicted octanol–water partition coefficient (Wildman–Crippen LogP) is 1.90. The van der Waals surface area contributed by atoms with Crippen molar-refractivity contribution < 1.29 is 26.4 Å². The largest absolute Gasteiger partial charge is 0.416 e. The van der Waals surface area contributed by atoms with Gasteiger partial charge in [-0.1, -0.05) is 6.07 Å². The van der Waals surface area contributed by atoms with Crippen molar-refractivity contribution in [2.45, 2.75) is 30.8 Å². The van der Waals surface area contributed by atoms with Crippen LogP contribution in [0.25, 0.3) is 0 Å². The topological polar surface area (TPSA) is 75.3 Å². The van der Waals surface area contributed by atoms with Gasteiger partial charge in [-0.05, 0) is 31.5 Å². The Labute approximate surface area is 127 Å². The molecule has 0 saturated heterocycles. The van der Waals surface area contributed by atoms with Crippen molar-refractivity contribution in [2.75, 3.05) is 13.1 Å². The maximum atomic E-state index is 12.6. The first-order valence-electron chi connectivity index (χ1n) is 6.60. The Morgan fingerprint density at radius 2 is 1.95 bits per heavy atom. The molecule has 0 fully saturated rings. The highest BCUT2D eigenvalue weighted by Crippen LogP contribution is 2.30. The summed E-state index contributed by atoms with van der Waals surface area (Å²) in [5.41, 5.74) is -1.03. The molecule has 0 heterocycles. The summed E-state index contributed by atoms with van der Waals surface area (Å²) in [6, 6.07) is 3.49. The minimum atomic E-state index is -4.61. The van der Waals surface area contributed by atoms with Crippen LogP contribution in [-0.2, 0) is 21.0 Å². The lowest BCUT2D eigenvalue weighted by Crippen LogP contribution is -2.27. The molecule has 0 aliphatic carbocycles. The van der Waals surface area contributed by atoms with Crippen LogP contribution in [0.1, 0.15) is 25.3 Å². The molecule has 0 unspecified atom stereocenters. The number of amides is 1. The summed E-state index contributed by atoms with van der Waals surface area (Å²) in [5, 5.41) is 2.56. The van der Waals surface area contributed by atoms with E-state index in [0.29, 0.717) is 12.6 Å². The van der Waals surface area contributed by atoms with Gasteiger partial charge < -0.3 is 5.32 Å². The molecule has 1 aromatic carbocycles. The molecule has 124 valence electrons. The molecule has 0 aliphatic heterocycles. The zero-order valence-electron chi connectivity index (χ0n) is 11.9. The second kappa shape index (κ2) is 7.59. The van der Waals surface area contributed by atoms with E-state index in [1.165, 1.54) is 0 Å². The van der Waals surface area contributed by atoms with Gasteiger partial charge in [-0.3, -0.25) is 4.79 Å². The molecule has 0 spiro atoms. The van der Waals surface area contributed by atoms with Crippen molar-refractivity contribution in [3.63, 3.8) is 0 Å². The fourth-order valence-corrected chi connectivity index (χ4v) is 2.78. The highest BCUT2D eigenvalue weighted by molar-refractivity contribution is 7.89. The van der Waals surface area contributed by atoms with Crippen LogP contribution >= 0.6 is 0 Å². The van der Waals surface area contributed by atoms with Crippen LogP contribution in [0.4, 0.5) is 13.2 Å². The van der Waals surface area contributed by atoms with Gasteiger partial charge in [0.05, 0.1) is 10.5 Å². The zero-order valence-corrected chi connectivity index (χ0v) is 12.7. The van der Waals surface area contributed by atoms with Crippen molar-refractivity contribution in [2.24, 2.45) is 0 Å². The second-order valence-electron chi connectivity index (χ2n) is 4.48. The summed E-state index contributed by atoms with van der Waals surface area (Å²) in [6.45, 7) is 2.21. The summed E-state index contributed by atoms with van der Waals surface area (Å²) in [7, 11) is -4.03. The van der Waals surface area contributed by atoms with E-state index < -0.39 is 26.7 Å². The van der Waals surface area contributed by atoms with Crippen molar-refractivity contribution in [3.05, 3.63) is 29.8 Å². The number of carbonyl (C=O) groups excluding carboxylic acids is 1. The number of sulfonamides is 1. The molecule has 0 saturated carbocycles.